The fraction of sp³-hybridized carbons (Fsp3) is 0.889. The van der Waals surface area contributed by atoms with Gasteiger partial charge in [0.15, 0.2) is 0 Å². The van der Waals surface area contributed by atoms with Gasteiger partial charge in [0.25, 0.3) is 0 Å². The lowest BCUT2D eigenvalue weighted by atomic mass is 10.0. The number of rotatable bonds is 15. The van der Waals surface area contributed by atoms with E-state index in [2.05, 4.69) is 13.0 Å². The van der Waals surface area contributed by atoms with Crippen LogP contribution in [0, 0.1) is 17.8 Å². The molecule has 0 aliphatic heterocycles. The maximum atomic E-state index is 8.36. The predicted octanol–water partition coefficient (Wildman–Crippen LogP) is 6.59. The maximum Gasteiger partial charge on any atom is 0.0669 e. The lowest BCUT2D eigenvalue weighted by Crippen LogP contribution is -1.83. The molecule has 0 saturated heterocycles. The molecule has 0 bridgehead atoms. The van der Waals surface area contributed by atoms with Crippen molar-refractivity contribution in [3.8, 4) is 6.07 Å². The monoisotopic (exact) mass is 264 g/mol. The number of hydrogen-bond donors (Lipinski definition) is 0. The van der Waals surface area contributed by atoms with Gasteiger partial charge in [-0.2, -0.15) is 5.26 Å². The van der Waals surface area contributed by atoms with Crippen LogP contribution in [-0.4, -0.2) is 0 Å². The van der Waals surface area contributed by atoms with Gasteiger partial charge in [-0.15, -0.1) is 0 Å². The summed E-state index contributed by atoms with van der Waals surface area (Å²) in [4.78, 5) is 0. The average molecular weight is 264 g/mol. The molecule has 0 atom stereocenters. The molecule has 1 radical (unpaired) electrons. The fourth-order valence-corrected chi connectivity index (χ4v) is 2.51. The maximum absolute atomic E-state index is 8.36. The largest absolute Gasteiger partial charge is 0.198 e. The standard InChI is InChI=1S/C18H34N/c1-2-3-4-5-6-7-8-9-10-11-12-13-14-15-16-17-18-19/h17H,2-16H2,1H3. The number of nitriles is 1. The van der Waals surface area contributed by atoms with Gasteiger partial charge in [-0.25, -0.2) is 0 Å². The van der Waals surface area contributed by atoms with Gasteiger partial charge in [-0.1, -0.05) is 96.8 Å². The van der Waals surface area contributed by atoms with Crippen molar-refractivity contribution >= 4 is 0 Å². The highest BCUT2D eigenvalue weighted by Crippen LogP contribution is 2.13. The molecule has 1 heteroatoms. The Kier molecular flexibility index (Phi) is 17.0. The Morgan fingerprint density at radius 2 is 1.00 bits per heavy atom. The van der Waals surface area contributed by atoms with Gasteiger partial charge in [0.2, 0.25) is 0 Å². The second-order valence-electron chi connectivity index (χ2n) is 5.72. The minimum Gasteiger partial charge on any atom is -0.198 e. The van der Waals surface area contributed by atoms with E-state index in [1.165, 1.54) is 89.9 Å². The number of hydrogen-bond acceptors (Lipinski definition) is 1. The molecule has 0 fully saturated rings. The van der Waals surface area contributed by atoms with Gasteiger partial charge in [0, 0.05) is 0 Å². The van der Waals surface area contributed by atoms with E-state index in [-0.39, 0.29) is 0 Å². The lowest BCUT2D eigenvalue weighted by Gasteiger charge is -2.02. The van der Waals surface area contributed by atoms with Gasteiger partial charge in [-0.3, -0.25) is 0 Å². The highest BCUT2D eigenvalue weighted by molar-refractivity contribution is 4.90. The van der Waals surface area contributed by atoms with Crippen LogP contribution in [0.3, 0.4) is 0 Å². The molecule has 1 nitrogen and oxygen atoms in total. The summed E-state index contributed by atoms with van der Waals surface area (Å²) < 4.78 is 0. The molecule has 0 rings (SSSR count). The third-order valence-electron chi connectivity index (χ3n) is 3.79. The molecule has 0 N–H and O–H groups in total. The predicted molar refractivity (Wildman–Crippen MR) is 84.8 cm³/mol. The van der Waals surface area contributed by atoms with Gasteiger partial charge >= 0.3 is 0 Å². The Bertz CT molecular complexity index is 192. The zero-order valence-corrected chi connectivity index (χ0v) is 13.1. The van der Waals surface area contributed by atoms with Gasteiger partial charge in [0.1, 0.15) is 0 Å². The first-order valence-corrected chi connectivity index (χ1v) is 8.63. The smallest absolute Gasteiger partial charge is 0.0669 e. The molecule has 0 spiro atoms. The second kappa shape index (κ2) is 17.5. The number of unbranched alkanes of at least 4 members (excludes halogenated alkanes) is 15. The Morgan fingerprint density at radius 3 is 1.37 bits per heavy atom. The van der Waals surface area contributed by atoms with E-state index in [0.29, 0.717) is 0 Å². The topological polar surface area (TPSA) is 23.8 Å². The van der Waals surface area contributed by atoms with Crippen molar-refractivity contribution in [1.29, 1.82) is 5.26 Å². The van der Waals surface area contributed by atoms with Crippen LogP contribution in [0.2, 0.25) is 0 Å². The second-order valence-corrected chi connectivity index (χ2v) is 5.72. The van der Waals surface area contributed by atoms with Crippen molar-refractivity contribution in [3.05, 3.63) is 6.42 Å². The summed E-state index contributed by atoms with van der Waals surface area (Å²) in [5, 5.41) is 8.36. The molecule has 0 saturated carbocycles. The molecule has 0 aromatic heterocycles. The molecular weight excluding hydrogens is 230 g/mol. The van der Waals surface area contributed by atoms with Crippen molar-refractivity contribution in [2.75, 3.05) is 0 Å². The van der Waals surface area contributed by atoms with E-state index in [0.717, 1.165) is 6.42 Å². The summed E-state index contributed by atoms with van der Waals surface area (Å²) in [7, 11) is 0. The van der Waals surface area contributed by atoms with Gasteiger partial charge < -0.3 is 0 Å². The van der Waals surface area contributed by atoms with Crippen molar-refractivity contribution < 1.29 is 0 Å². The number of nitrogens with zero attached hydrogens (tertiary/aromatic N) is 1. The Balaban J connectivity index is 2.90. The van der Waals surface area contributed by atoms with E-state index < -0.39 is 0 Å². The zero-order valence-electron chi connectivity index (χ0n) is 13.1. The molecular formula is C18H34N. The molecule has 0 aliphatic carbocycles. The molecule has 0 unspecified atom stereocenters. The van der Waals surface area contributed by atoms with E-state index in [4.69, 9.17) is 5.26 Å². The molecule has 0 amide bonds. The Morgan fingerprint density at radius 1 is 0.632 bits per heavy atom. The van der Waals surface area contributed by atoms with Crippen LogP contribution < -0.4 is 0 Å². The quantitative estimate of drug-likeness (QED) is 0.306. The summed E-state index contributed by atoms with van der Waals surface area (Å²) in [6.07, 6.45) is 22.3. The summed E-state index contributed by atoms with van der Waals surface area (Å²) in [5.74, 6) is 0. The van der Waals surface area contributed by atoms with E-state index in [1.807, 2.05) is 0 Å². The summed E-state index contributed by atoms with van der Waals surface area (Å²) in [6.45, 7) is 2.28. The van der Waals surface area contributed by atoms with Crippen LogP contribution in [0.1, 0.15) is 103 Å². The average Bonchev–Trinajstić information content (AvgIpc) is 2.43. The van der Waals surface area contributed by atoms with Crippen LogP contribution in [0.15, 0.2) is 0 Å². The van der Waals surface area contributed by atoms with Gasteiger partial charge in [0.05, 0.1) is 12.5 Å². The first-order chi connectivity index (χ1) is 9.41. The third kappa shape index (κ3) is 17.5. The minimum absolute atomic E-state index is 0.981. The molecule has 19 heavy (non-hydrogen) atoms. The SMILES string of the molecule is CCCCCCCCCCCCCCCC[CH]C#N. The van der Waals surface area contributed by atoms with Crippen LogP contribution >= 0.6 is 0 Å². The Labute approximate surface area is 121 Å². The summed E-state index contributed by atoms with van der Waals surface area (Å²) in [5.41, 5.74) is 0. The van der Waals surface area contributed by atoms with E-state index in [9.17, 15) is 0 Å². The van der Waals surface area contributed by atoms with Crippen molar-refractivity contribution in [1.82, 2.24) is 0 Å². The van der Waals surface area contributed by atoms with Gasteiger partial charge in [-0.05, 0) is 6.42 Å². The van der Waals surface area contributed by atoms with Crippen LogP contribution in [0.4, 0.5) is 0 Å². The Hall–Kier alpha value is -0.510. The van der Waals surface area contributed by atoms with Crippen molar-refractivity contribution in [2.45, 2.75) is 103 Å². The highest BCUT2D eigenvalue weighted by atomic mass is 14.2. The van der Waals surface area contributed by atoms with Crippen LogP contribution in [0.25, 0.3) is 0 Å². The third-order valence-corrected chi connectivity index (χ3v) is 3.79. The highest BCUT2D eigenvalue weighted by Gasteiger charge is 1.94. The molecule has 0 aromatic rings. The molecule has 0 aromatic carbocycles. The minimum atomic E-state index is 0.981. The zero-order chi connectivity index (χ0) is 14.0. The van der Waals surface area contributed by atoms with E-state index in [1.54, 1.807) is 6.42 Å². The molecule has 111 valence electrons. The molecule has 0 aliphatic rings. The fourth-order valence-electron chi connectivity index (χ4n) is 2.51. The first kappa shape index (κ1) is 18.5. The summed E-state index contributed by atoms with van der Waals surface area (Å²) in [6, 6.07) is 2.09. The normalized spacial score (nSPS) is 10.5. The van der Waals surface area contributed by atoms with Crippen molar-refractivity contribution in [3.63, 3.8) is 0 Å². The summed E-state index contributed by atoms with van der Waals surface area (Å²) >= 11 is 0. The van der Waals surface area contributed by atoms with Crippen LogP contribution in [0.5, 0.6) is 0 Å². The lowest BCUT2D eigenvalue weighted by molar-refractivity contribution is 0.535. The van der Waals surface area contributed by atoms with Crippen molar-refractivity contribution in [2.24, 2.45) is 0 Å². The first-order valence-electron chi connectivity index (χ1n) is 8.63. The van der Waals surface area contributed by atoms with Crippen LogP contribution in [-0.2, 0) is 0 Å². The molecule has 0 heterocycles. The van der Waals surface area contributed by atoms with E-state index >= 15 is 0 Å².